The zero-order chi connectivity index (χ0) is 76.2. The normalized spacial score (nSPS) is 13.8. The average molecular weight is 1520 g/mol. The van der Waals surface area contributed by atoms with Crippen LogP contribution in [-0.4, -0.2) is 96.7 Å². The molecule has 0 aliphatic rings. The Kier molecular flexibility index (Phi) is 76.3. The molecule has 0 saturated heterocycles. The minimum atomic E-state index is -4.96. The van der Waals surface area contributed by atoms with Crippen molar-refractivity contribution in [2.75, 3.05) is 39.6 Å². The molecule has 5 atom stereocenters. The summed E-state index contributed by atoms with van der Waals surface area (Å²) in [5, 5.41) is 10.7. The van der Waals surface area contributed by atoms with Crippen LogP contribution in [0.3, 0.4) is 0 Å². The predicted molar refractivity (Wildman–Crippen MR) is 428 cm³/mol. The van der Waals surface area contributed by atoms with Crippen LogP contribution in [0.5, 0.6) is 0 Å². The van der Waals surface area contributed by atoms with Crippen LogP contribution in [0.4, 0.5) is 0 Å². The predicted octanol–water partition coefficient (Wildman–Crippen LogP) is 26.0. The Hall–Kier alpha value is -1.94. The molecular formula is C85H166O17P2. The van der Waals surface area contributed by atoms with Gasteiger partial charge < -0.3 is 33.8 Å². The Bertz CT molecular complexity index is 1980. The highest BCUT2D eigenvalue weighted by Crippen LogP contribution is 2.45. The van der Waals surface area contributed by atoms with Crippen molar-refractivity contribution in [1.29, 1.82) is 0 Å². The number of hydrogen-bond acceptors (Lipinski definition) is 15. The van der Waals surface area contributed by atoms with Gasteiger partial charge in [0.1, 0.15) is 19.3 Å². The van der Waals surface area contributed by atoms with Gasteiger partial charge in [0.25, 0.3) is 0 Å². The number of aliphatic hydroxyl groups excluding tert-OH is 1. The minimum absolute atomic E-state index is 0.109. The topological polar surface area (TPSA) is 237 Å². The Balaban J connectivity index is 5.25. The van der Waals surface area contributed by atoms with E-state index in [1.807, 2.05) is 0 Å². The van der Waals surface area contributed by atoms with Gasteiger partial charge in [-0.3, -0.25) is 37.3 Å². The molecule has 0 heterocycles. The lowest BCUT2D eigenvalue weighted by atomic mass is 10.0. The molecular weight excluding hydrogens is 1350 g/mol. The van der Waals surface area contributed by atoms with Crippen LogP contribution in [0.15, 0.2) is 0 Å². The molecule has 0 fully saturated rings. The van der Waals surface area contributed by atoms with E-state index in [0.717, 1.165) is 95.8 Å². The van der Waals surface area contributed by atoms with Crippen LogP contribution in [0, 0.1) is 5.92 Å². The fraction of sp³-hybridized carbons (Fsp3) is 0.953. The second-order valence-corrected chi connectivity index (χ2v) is 34.0. The quantitative estimate of drug-likeness (QED) is 0.0222. The molecule has 19 heteroatoms. The summed E-state index contributed by atoms with van der Waals surface area (Å²) >= 11 is 0. The lowest BCUT2D eigenvalue weighted by molar-refractivity contribution is -0.161. The molecule has 3 N–H and O–H groups in total. The third-order valence-corrected chi connectivity index (χ3v) is 21.9. The molecule has 0 amide bonds. The highest BCUT2D eigenvalue weighted by atomic mass is 31.2. The molecule has 618 valence electrons. The number of carbonyl (C=O) groups is 4. The van der Waals surface area contributed by atoms with Gasteiger partial charge in [0.15, 0.2) is 12.2 Å². The van der Waals surface area contributed by atoms with Crippen molar-refractivity contribution in [3.63, 3.8) is 0 Å². The lowest BCUT2D eigenvalue weighted by Gasteiger charge is -2.21. The van der Waals surface area contributed by atoms with E-state index < -0.39 is 97.5 Å². The van der Waals surface area contributed by atoms with Crippen molar-refractivity contribution in [3.8, 4) is 0 Å². The molecule has 0 aromatic rings. The second-order valence-electron chi connectivity index (χ2n) is 31.1. The van der Waals surface area contributed by atoms with Gasteiger partial charge in [-0.05, 0) is 31.6 Å². The van der Waals surface area contributed by atoms with Gasteiger partial charge in [-0.25, -0.2) is 9.13 Å². The summed E-state index contributed by atoms with van der Waals surface area (Å²) in [5.41, 5.74) is 0. The number of phosphoric acid groups is 2. The van der Waals surface area contributed by atoms with Gasteiger partial charge in [0, 0.05) is 25.7 Å². The van der Waals surface area contributed by atoms with E-state index in [0.29, 0.717) is 25.7 Å². The van der Waals surface area contributed by atoms with E-state index in [2.05, 4.69) is 34.6 Å². The monoisotopic (exact) mass is 1520 g/mol. The van der Waals surface area contributed by atoms with Gasteiger partial charge >= 0.3 is 39.5 Å². The molecule has 0 radical (unpaired) electrons. The first-order valence-electron chi connectivity index (χ1n) is 44.1. The molecule has 104 heavy (non-hydrogen) atoms. The van der Waals surface area contributed by atoms with E-state index in [1.165, 1.54) is 283 Å². The second kappa shape index (κ2) is 77.8. The van der Waals surface area contributed by atoms with E-state index in [1.54, 1.807) is 0 Å². The third kappa shape index (κ3) is 78.2. The van der Waals surface area contributed by atoms with Crippen molar-refractivity contribution in [3.05, 3.63) is 0 Å². The summed E-state index contributed by atoms with van der Waals surface area (Å²) in [7, 11) is -9.93. The van der Waals surface area contributed by atoms with Crippen LogP contribution in [0.2, 0.25) is 0 Å². The highest BCUT2D eigenvalue weighted by molar-refractivity contribution is 7.47. The number of hydrogen-bond donors (Lipinski definition) is 3. The number of ether oxygens (including phenoxy) is 4. The molecule has 0 aliphatic carbocycles. The molecule has 0 rings (SSSR count). The van der Waals surface area contributed by atoms with E-state index in [-0.39, 0.29) is 25.7 Å². The van der Waals surface area contributed by atoms with Crippen LogP contribution in [0.25, 0.3) is 0 Å². The summed E-state index contributed by atoms with van der Waals surface area (Å²) in [4.78, 5) is 73.2. The summed E-state index contributed by atoms with van der Waals surface area (Å²) in [5.74, 6) is -1.31. The Labute approximate surface area is 638 Å². The summed E-state index contributed by atoms with van der Waals surface area (Å²) in [6.07, 6.45) is 70.7. The largest absolute Gasteiger partial charge is 0.472 e. The number of unbranched alkanes of at least 4 members (excludes halogenated alkanes) is 57. The minimum Gasteiger partial charge on any atom is -0.462 e. The van der Waals surface area contributed by atoms with Gasteiger partial charge in [0.05, 0.1) is 26.4 Å². The van der Waals surface area contributed by atoms with Gasteiger partial charge in [-0.2, -0.15) is 0 Å². The first-order chi connectivity index (χ1) is 50.5. The molecule has 2 unspecified atom stereocenters. The standard InChI is InChI=1S/C85H166O17P2/c1-6-9-12-15-18-21-24-27-29-31-32-33-34-36-40-46-51-56-61-66-71-85(90)102-81(75-96-83(88)69-64-59-54-49-44-41-37-38-42-47-52-57-62-67-78(4)5)77-100-104(93,94)98-73-79(86)72-97-103(91,92)99-76-80(74-95-82(87)68-63-58-53-48-43-26-23-20-17-14-11-8-3)101-84(89)70-65-60-55-50-45-39-35-30-28-25-22-19-16-13-10-7-2/h78-81,86H,6-77H2,1-5H3,(H,91,92)(H,93,94)/t79-,80+,81+/m0/s1. The highest BCUT2D eigenvalue weighted by Gasteiger charge is 2.30. The van der Waals surface area contributed by atoms with Crippen LogP contribution < -0.4 is 0 Å². The van der Waals surface area contributed by atoms with E-state index >= 15 is 0 Å². The first-order valence-corrected chi connectivity index (χ1v) is 47.1. The van der Waals surface area contributed by atoms with Gasteiger partial charge in [-0.15, -0.1) is 0 Å². The number of esters is 4. The SMILES string of the molecule is CCCCCCCCCCCCCCCCCCCCCCC(=O)O[C@H](COC(=O)CCCCCCCCCCCCCCCC(C)C)COP(=O)(O)OC[C@@H](O)COP(=O)(O)OC[C@@H](COC(=O)CCCCCCCCCCCCCC)OC(=O)CCCCCCCCCCCCCCCCCC. The first kappa shape index (κ1) is 102. The Morgan fingerprint density at radius 1 is 0.260 bits per heavy atom. The maximum absolute atomic E-state index is 13.1. The number of aliphatic hydroxyl groups is 1. The number of carbonyl (C=O) groups excluding carboxylic acids is 4. The summed E-state index contributed by atoms with van der Waals surface area (Å²) in [6.45, 7) is 7.38. The maximum atomic E-state index is 13.1. The van der Waals surface area contributed by atoms with Gasteiger partial charge in [-0.1, -0.05) is 407 Å². The summed E-state index contributed by atoms with van der Waals surface area (Å²) in [6, 6.07) is 0. The lowest BCUT2D eigenvalue weighted by Crippen LogP contribution is -2.30. The average Bonchev–Trinajstić information content (AvgIpc) is 0.903. The Morgan fingerprint density at radius 3 is 0.654 bits per heavy atom. The van der Waals surface area contributed by atoms with Crippen LogP contribution >= 0.6 is 15.6 Å². The van der Waals surface area contributed by atoms with E-state index in [4.69, 9.17) is 37.0 Å². The fourth-order valence-electron chi connectivity index (χ4n) is 13.3. The molecule has 0 aromatic carbocycles. The zero-order valence-corrected chi connectivity index (χ0v) is 70.0. The van der Waals surface area contributed by atoms with Crippen molar-refractivity contribution in [2.24, 2.45) is 5.92 Å². The molecule has 0 aliphatic heterocycles. The van der Waals surface area contributed by atoms with Crippen molar-refractivity contribution >= 4 is 39.5 Å². The van der Waals surface area contributed by atoms with Crippen LogP contribution in [0.1, 0.15) is 458 Å². The molecule has 0 saturated carbocycles. The Morgan fingerprint density at radius 2 is 0.442 bits per heavy atom. The van der Waals surface area contributed by atoms with Crippen LogP contribution in [-0.2, 0) is 65.4 Å². The summed E-state index contributed by atoms with van der Waals surface area (Å²) < 4.78 is 68.9. The van der Waals surface area contributed by atoms with Crippen molar-refractivity contribution in [2.45, 2.75) is 477 Å². The zero-order valence-electron chi connectivity index (χ0n) is 68.2. The van der Waals surface area contributed by atoms with E-state index in [9.17, 15) is 43.2 Å². The smallest absolute Gasteiger partial charge is 0.462 e. The molecule has 17 nitrogen and oxygen atoms in total. The van der Waals surface area contributed by atoms with Gasteiger partial charge in [0.2, 0.25) is 0 Å². The third-order valence-electron chi connectivity index (χ3n) is 20.0. The molecule has 0 spiro atoms. The maximum Gasteiger partial charge on any atom is 0.472 e. The fourth-order valence-corrected chi connectivity index (χ4v) is 14.9. The molecule has 0 bridgehead atoms. The van der Waals surface area contributed by atoms with Crippen molar-refractivity contribution in [1.82, 2.24) is 0 Å². The molecule has 0 aromatic heterocycles. The number of phosphoric ester groups is 2. The van der Waals surface area contributed by atoms with Crippen molar-refractivity contribution < 1.29 is 80.2 Å². The number of rotatable bonds is 85.